The fourth-order valence-electron chi connectivity index (χ4n) is 3.78. The molecule has 0 spiro atoms. The number of carbonyl (C=O) groups is 4. The van der Waals surface area contributed by atoms with Gasteiger partial charge in [0.25, 0.3) is 0 Å². The van der Waals surface area contributed by atoms with E-state index < -0.39 is 0 Å². The van der Waals surface area contributed by atoms with Crippen LogP contribution in [-0.2, 0) is 19.2 Å². The Bertz CT molecular complexity index is 1570. The normalized spacial score (nSPS) is 9.12. The molecular formula is C42H50N4O4. The number of nitrogens with one attached hydrogen (secondary N) is 4. The zero-order chi connectivity index (χ0) is 37.3. The van der Waals surface area contributed by atoms with E-state index in [9.17, 15) is 19.2 Å². The number of amides is 4. The van der Waals surface area contributed by atoms with Gasteiger partial charge in [0.15, 0.2) is 0 Å². The molecule has 0 aliphatic rings. The lowest BCUT2D eigenvalue weighted by molar-refractivity contribution is -0.115. The molecule has 0 fully saturated rings. The Hall–Kier alpha value is -6.02. The van der Waals surface area contributed by atoms with Gasteiger partial charge < -0.3 is 21.3 Å². The number of aryl methyl sites for hydroxylation is 4. The van der Waals surface area contributed by atoms with Crippen LogP contribution in [-0.4, -0.2) is 23.6 Å². The number of para-hydroxylation sites is 1. The second kappa shape index (κ2) is 24.2. The molecular weight excluding hydrogens is 624 g/mol. The summed E-state index contributed by atoms with van der Waals surface area (Å²) >= 11 is 0. The Morgan fingerprint density at radius 2 is 0.500 bits per heavy atom. The molecule has 0 radical (unpaired) electrons. The SMILES string of the molecule is CC(=O)Nc1ccc(C)cc1.CC(=O)Nc1ccc(C)cc1.CC(=O)Nc1ccc(C)cc1.CC(=O)Nc1ccccc1.Cc1ccccc1. The molecule has 0 aliphatic carbocycles. The summed E-state index contributed by atoms with van der Waals surface area (Å²) < 4.78 is 0. The van der Waals surface area contributed by atoms with Gasteiger partial charge in [0.1, 0.15) is 0 Å². The van der Waals surface area contributed by atoms with Crippen LogP contribution in [0.4, 0.5) is 22.7 Å². The summed E-state index contributed by atoms with van der Waals surface area (Å²) in [5, 5.41) is 10.7. The number of carbonyl (C=O) groups excluding carboxylic acids is 4. The fraction of sp³-hybridized carbons (Fsp3) is 0.190. The Kier molecular flexibility index (Phi) is 20.3. The average Bonchev–Trinajstić information content (AvgIpc) is 3.06. The van der Waals surface area contributed by atoms with E-state index in [-0.39, 0.29) is 23.6 Å². The molecule has 262 valence electrons. The van der Waals surface area contributed by atoms with Gasteiger partial charge in [-0.1, -0.05) is 107 Å². The molecule has 0 bridgehead atoms. The Morgan fingerprint density at radius 3 is 0.700 bits per heavy atom. The first-order chi connectivity index (χ1) is 23.7. The van der Waals surface area contributed by atoms with Crippen molar-refractivity contribution < 1.29 is 19.2 Å². The highest BCUT2D eigenvalue weighted by molar-refractivity contribution is 5.90. The monoisotopic (exact) mass is 674 g/mol. The molecule has 0 saturated heterocycles. The van der Waals surface area contributed by atoms with Crippen molar-refractivity contribution in [2.45, 2.75) is 55.4 Å². The van der Waals surface area contributed by atoms with E-state index >= 15 is 0 Å². The van der Waals surface area contributed by atoms with Gasteiger partial charge >= 0.3 is 0 Å². The van der Waals surface area contributed by atoms with Crippen molar-refractivity contribution in [2.24, 2.45) is 0 Å². The van der Waals surface area contributed by atoms with Crippen LogP contribution >= 0.6 is 0 Å². The van der Waals surface area contributed by atoms with Gasteiger partial charge in [0, 0.05) is 50.4 Å². The number of hydrogen-bond donors (Lipinski definition) is 4. The first-order valence-corrected chi connectivity index (χ1v) is 16.1. The Labute approximate surface area is 297 Å². The Balaban J connectivity index is 0.000000315. The van der Waals surface area contributed by atoms with E-state index in [1.165, 1.54) is 49.9 Å². The highest BCUT2D eigenvalue weighted by atomic mass is 16.2. The summed E-state index contributed by atoms with van der Waals surface area (Å²) in [6, 6.07) is 42.7. The maximum absolute atomic E-state index is 10.6. The highest BCUT2D eigenvalue weighted by Gasteiger charge is 1.94. The summed E-state index contributed by atoms with van der Waals surface area (Å²) in [6.07, 6.45) is 0. The molecule has 5 rings (SSSR count). The summed E-state index contributed by atoms with van der Waals surface area (Å²) in [4.78, 5) is 42.3. The standard InChI is InChI=1S/3C9H11NO.C8H9NO.C7H8/c3*1-7-3-5-9(6-4-7)10-8(2)11;1-7(10)9-8-5-3-2-4-6-8;1-7-5-3-2-4-6-7/h3*3-6H,1-2H3,(H,10,11);2-6H,1H3,(H,9,10);2-6H,1H3. The molecule has 0 saturated carbocycles. The average molecular weight is 675 g/mol. The van der Waals surface area contributed by atoms with Crippen molar-refractivity contribution in [3.05, 3.63) is 156 Å². The van der Waals surface area contributed by atoms with Crippen LogP contribution in [0.1, 0.15) is 49.9 Å². The lowest BCUT2D eigenvalue weighted by atomic mass is 10.2. The minimum Gasteiger partial charge on any atom is -0.326 e. The first kappa shape index (κ1) is 42.0. The number of hydrogen-bond acceptors (Lipinski definition) is 4. The van der Waals surface area contributed by atoms with Crippen LogP contribution in [0, 0.1) is 27.7 Å². The van der Waals surface area contributed by atoms with E-state index in [1.807, 2.05) is 142 Å². The molecule has 50 heavy (non-hydrogen) atoms. The molecule has 0 aromatic heterocycles. The van der Waals surface area contributed by atoms with Gasteiger partial charge in [0.05, 0.1) is 0 Å². The van der Waals surface area contributed by atoms with Crippen molar-refractivity contribution >= 4 is 46.4 Å². The van der Waals surface area contributed by atoms with Crippen LogP contribution < -0.4 is 21.3 Å². The van der Waals surface area contributed by atoms with Crippen molar-refractivity contribution in [2.75, 3.05) is 21.3 Å². The molecule has 5 aromatic carbocycles. The lowest BCUT2D eigenvalue weighted by Crippen LogP contribution is -2.05. The Morgan fingerprint density at radius 1 is 0.300 bits per heavy atom. The minimum atomic E-state index is -0.0359. The lowest BCUT2D eigenvalue weighted by Gasteiger charge is -2.00. The third kappa shape index (κ3) is 22.5. The molecule has 0 heterocycles. The number of benzene rings is 5. The van der Waals surface area contributed by atoms with Crippen LogP contribution in [0.15, 0.2) is 133 Å². The van der Waals surface area contributed by atoms with Crippen LogP contribution in [0.25, 0.3) is 0 Å². The molecule has 0 atom stereocenters. The van der Waals surface area contributed by atoms with Gasteiger partial charge in [-0.15, -0.1) is 0 Å². The zero-order valence-electron chi connectivity index (χ0n) is 30.3. The van der Waals surface area contributed by atoms with Gasteiger partial charge in [0.2, 0.25) is 23.6 Å². The van der Waals surface area contributed by atoms with Gasteiger partial charge in [-0.05, 0) is 76.2 Å². The van der Waals surface area contributed by atoms with E-state index in [1.54, 1.807) is 0 Å². The smallest absolute Gasteiger partial charge is 0.221 e. The van der Waals surface area contributed by atoms with Crippen molar-refractivity contribution in [3.63, 3.8) is 0 Å². The highest BCUT2D eigenvalue weighted by Crippen LogP contribution is 2.09. The first-order valence-electron chi connectivity index (χ1n) is 16.1. The fourth-order valence-corrected chi connectivity index (χ4v) is 3.78. The zero-order valence-corrected chi connectivity index (χ0v) is 30.3. The molecule has 8 nitrogen and oxygen atoms in total. The van der Waals surface area contributed by atoms with Crippen molar-refractivity contribution in [1.82, 2.24) is 0 Å². The van der Waals surface area contributed by atoms with Gasteiger partial charge in [-0.2, -0.15) is 0 Å². The molecule has 8 heteroatoms. The van der Waals surface area contributed by atoms with Crippen molar-refractivity contribution in [1.29, 1.82) is 0 Å². The number of rotatable bonds is 4. The minimum absolute atomic E-state index is 0.0335. The molecule has 0 aliphatic heterocycles. The summed E-state index contributed by atoms with van der Waals surface area (Å²) in [6.45, 7) is 14.1. The van der Waals surface area contributed by atoms with Crippen LogP contribution in [0.3, 0.4) is 0 Å². The van der Waals surface area contributed by atoms with E-state index in [4.69, 9.17) is 0 Å². The molecule has 4 amide bonds. The quantitative estimate of drug-likeness (QED) is 0.152. The maximum Gasteiger partial charge on any atom is 0.221 e. The van der Waals surface area contributed by atoms with Crippen molar-refractivity contribution in [3.8, 4) is 0 Å². The molecule has 0 unspecified atom stereocenters. The topological polar surface area (TPSA) is 116 Å². The predicted octanol–water partition coefficient (Wildman–Crippen LogP) is 9.50. The maximum atomic E-state index is 10.6. The summed E-state index contributed by atoms with van der Waals surface area (Å²) in [5.74, 6) is -0.136. The van der Waals surface area contributed by atoms with E-state index in [0.717, 1.165) is 22.7 Å². The molecule has 4 N–H and O–H groups in total. The third-order valence-electron chi connectivity index (χ3n) is 6.15. The third-order valence-corrected chi connectivity index (χ3v) is 6.15. The van der Waals surface area contributed by atoms with Gasteiger partial charge in [-0.3, -0.25) is 19.2 Å². The predicted molar refractivity (Wildman–Crippen MR) is 208 cm³/mol. The second-order valence-electron chi connectivity index (χ2n) is 11.3. The molecule has 5 aromatic rings. The summed E-state index contributed by atoms with van der Waals surface area (Å²) in [5.41, 5.74) is 8.30. The van der Waals surface area contributed by atoms with Gasteiger partial charge in [-0.25, -0.2) is 0 Å². The summed E-state index contributed by atoms with van der Waals surface area (Å²) in [7, 11) is 0. The van der Waals surface area contributed by atoms with E-state index in [0.29, 0.717) is 0 Å². The van der Waals surface area contributed by atoms with Crippen LogP contribution in [0.5, 0.6) is 0 Å². The number of anilines is 4. The van der Waals surface area contributed by atoms with E-state index in [2.05, 4.69) is 40.3 Å². The van der Waals surface area contributed by atoms with Crippen LogP contribution in [0.2, 0.25) is 0 Å². The second-order valence-corrected chi connectivity index (χ2v) is 11.3. The largest absolute Gasteiger partial charge is 0.326 e.